The number of nitrogens with two attached hydrogens (primary N) is 1. The Morgan fingerprint density at radius 2 is 2.07 bits per heavy atom. The highest BCUT2D eigenvalue weighted by molar-refractivity contribution is 8.00. The average Bonchev–Trinajstić information content (AvgIpc) is 3.55. The fourth-order valence-electron chi connectivity index (χ4n) is 4.79. The monoisotopic (exact) mass is 609 g/mol. The van der Waals surface area contributed by atoms with Gasteiger partial charge in [0.1, 0.15) is 10.7 Å². The molecule has 42 heavy (non-hydrogen) atoms. The molecule has 0 saturated carbocycles. The molecule has 0 amide bonds. The lowest BCUT2D eigenvalue weighted by molar-refractivity contribution is -0.0330. The molecule has 0 bridgehead atoms. The predicted octanol–water partition coefficient (Wildman–Crippen LogP) is 3.01. The molecule has 3 aromatic rings. The maximum Gasteiger partial charge on any atom is 0.447 e. The number of rotatable bonds is 13. The number of carboxylic acids is 1. The minimum Gasteiger partial charge on any atom is -0.478 e. The topological polar surface area (TPSA) is 132 Å². The van der Waals surface area contributed by atoms with Crippen LogP contribution in [0.2, 0.25) is 0 Å². The van der Waals surface area contributed by atoms with E-state index < -0.39 is 11.5 Å². The SMILES string of the molecule is CN1CCC(Nc2cccn3c(SC(F)(F)F)c(C#CCN)nc23)C(CCOCCOCCn2cc(C(=O)O)cn2)C1. The van der Waals surface area contributed by atoms with Gasteiger partial charge in [-0.05, 0) is 50.4 Å². The van der Waals surface area contributed by atoms with Crippen molar-refractivity contribution in [2.24, 2.45) is 11.7 Å². The summed E-state index contributed by atoms with van der Waals surface area (Å²) >= 11 is -0.239. The maximum absolute atomic E-state index is 13.3. The number of alkyl halides is 3. The summed E-state index contributed by atoms with van der Waals surface area (Å²) in [6.07, 6.45) is 5.95. The number of thioether (sulfide) groups is 1. The van der Waals surface area contributed by atoms with Crippen LogP contribution in [0.5, 0.6) is 0 Å². The minimum absolute atomic E-state index is 0.0151. The number of piperidine rings is 1. The standard InChI is InChI=1S/C27H34F3N7O4S/c1-35-10-6-21(19(17-35)7-12-40-14-15-41-13-11-36-18-20(16-32-36)26(38)39)33-22-5-3-9-37-24(22)34-23(4-2-8-31)25(37)42-27(28,29)30/h3,5,9,16,18-19,21,33H,6-8,10-15,17,31H2,1H3,(H,38,39). The number of ether oxygens (including phenoxy) is 2. The van der Waals surface area contributed by atoms with Crippen molar-refractivity contribution in [1.82, 2.24) is 24.1 Å². The summed E-state index contributed by atoms with van der Waals surface area (Å²) in [7, 11) is 2.06. The normalized spacial score (nSPS) is 17.7. The van der Waals surface area contributed by atoms with Gasteiger partial charge in [0.15, 0.2) is 5.65 Å². The van der Waals surface area contributed by atoms with Gasteiger partial charge in [-0.2, -0.15) is 18.3 Å². The molecule has 1 fully saturated rings. The summed E-state index contributed by atoms with van der Waals surface area (Å²) in [6, 6.07) is 3.59. The lowest BCUT2D eigenvalue weighted by Gasteiger charge is -2.37. The zero-order valence-electron chi connectivity index (χ0n) is 23.1. The largest absolute Gasteiger partial charge is 0.478 e. The Labute approximate surface area is 245 Å². The molecule has 2 atom stereocenters. The van der Waals surface area contributed by atoms with Crippen molar-refractivity contribution in [2.45, 2.75) is 36.0 Å². The van der Waals surface area contributed by atoms with E-state index in [0.29, 0.717) is 44.3 Å². The molecule has 1 aliphatic rings. The van der Waals surface area contributed by atoms with Crippen molar-refractivity contribution in [2.75, 3.05) is 58.4 Å². The lowest BCUT2D eigenvalue weighted by Crippen LogP contribution is -2.45. The molecule has 4 N–H and O–H groups in total. The highest BCUT2D eigenvalue weighted by Crippen LogP contribution is 2.39. The van der Waals surface area contributed by atoms with Gasteiger partial charge < -0.3 is 30.5 Å². The molecular formula is C27H34F3N7O4S. The number of aromatic nitrogens is 4. The molecule has 0 aromatic carbocycles. The fraction of sp³-hybridized carbons (Fsp3) is 0.519. The van der Waals surface area contributed by atoms with Crippen molar-refractivity contribution in [3.8, 4) is 11.8 Å². The van der Waals surface area contributed by atoms with Gasteiger partial charge in [0.2, 0.25) is 0 Å². The van der Waals surface area contributed by atoms with E-state index in [1.165, 1.54) is 21.5 Å². The van der Waals surface area contributed by atoms with Crippen LogP contribution in [0.1, 0.15) is 28.9 Å². The molecule has 4 rings (SSSR count). The molecule has 1 saturated heterocycles. The molecule has 0 radical (unpaired) electrons. The predicted molar refractivity (Wildman–Crippen MR) is 151 cm³/mol. The van der Waals surface area contributed by atoms with Crippen LogP contribution in [-0.2, 0) is 16.0 Å². The number of halogens is 3. The van der Waals surface area contributed by atoms with E-state index in [-0.39, 0.29) is 46.5 Å². The Hall–Kier alpha value is -3.29. The molecule has 15 heteroatoms. The third-order valence-corrected chi connectivity index (χ3v) is 7.57. The van der Waals surface area contributed by atoms with E-state index in [0.717, 1.165) is 25.9 Å². The van der Waals surface area contributed by atoms with Gasteiger partial charge in [-0.15, -0.1) is 0 Å². The van der Waals surface area contributed by atoms with Crippen molar-refractivity contribution >= 4 is 29.1 Å². The summed E-state index contributed by atoms with van der Waals surface area (Å²) in [6.45, 7) is 3.91. The highest BCUT2D eigenvalue weighted by atomic mass is 32.2. The van der Waals surface area contributed by atoms with Crippen LogP contribution in [0, 0.1) is 17.8 Å². The third kappa shape index (κ3) is 8.85. The number of carbonyl (C=O) groups is 1. The minimum atomic E-state index is -4.49. The molecule has 228 valence electrons. The van der Waals surface area contributed by atoms with E-state index >= 15 is 0 Å². The molecule has 4 heterocycles. The number of aromatic carboxylic acids is 1. The molecule has 0 spiro atoms. The third-order valence-electron chi connectivity index (χ3n) is 6.76. The van der Waals surface area contributed by atoms with Crippen LogP contribution in [0.25, 0.3) is 5.65 Å². The molecule has 3 aromatic heterocycles. The van der Waals surface area contributed by atoms with Gasteiger partial charge in [0.25, 0.3) is 0 Å². The average molecular weight is 610 g/mol. The van der Waals surface area contributed by atoms with Crippen LogP contribution in [0.15, 0.2) is 35.7 Å². The zero-order valence-corrected chi connectivity index (χ0v) is 24.0. The lowest BCUT2D eigenvalue weighted by atomic mass is 9.89. The zero-order chi connectivity index (χ0) is 30.1. The number of imidazole rings is 1. The van der Waals surface area contributed by atoms with Gasteiger partial charge in [-0.3, -0.25) is 9.08 Å². The van der Waals surface area contributed by atoms with Crippen molar-refractivity contribution < 1.29 is 32.5 Å². The van der Waals surface area contributed by atoms with Crippen LogP contribution < -0.4 is 11.1 Å². The summed E-state index contributed by atoms with van der Waals surface area (Å²) in [5.74, 6) is 4.51. The Kier molecular flexibility index (Phi) is 11.1. The Balaban J connectivity index is 1.31. The van der Waals surface area contributed by atoms with E-state index in [1.807, 2.05) is 6.07 Å². The summed E-state index contributed by atoms with van der Waals surface area (Å²) in [4.78, 5) is 17.6. The summed E-state index contributed by atoms with van der Waals surface area (Å²) in [5, 5.41) is 16.4. The number of hydrogen-bond acceptors (Lipinski definition) is 9. The number of pyridine rings is 1. The number of fused-ring (bicyclic) bond motifs is 1. The second-order valence-electron chi connectivity index (χ2n) is 9.81. The molecule has 11 nitrogen and oxygen atoms in total. The second kappa shape index (κ2) is 14.7. The Morgan fingerprint density at radius 1 is 1.29 bits per heavy atom. The number of anilines is 1. The summed E-state index contributed by atoms with van der Waals surface area (Å²) < 4.78 is 54.3. The smallest absolute Gasteiger partial charge is 0.447 e. The first kappa shape index (κ1) is 31.6. The second-order valence-corrected chi connectivity index (χ2v) is 10.9. The van der Waals surface area contributed by atoms with Gasteiger partial charge in [-0.1, -0.05) is 5.92 Å². The molecular weight excluding hydrogens is 575 g/mol. The number of carboxylic acid groups (broad SMARTS) is 1. The Bertz CT molecular complexity index is 1400. The van der Waals surface area contributed by atoms with Crippen LogP contribution >= 0.6 is 11.8 Å². The first-order valence-electron chi connectivity index (χ1n) is 13.5. The molecule has 1 aliphatic heterocycles. The number of likely N-dealkylation sites (tertiary alicyclic amines) is 1. The van der Waals surface area contributed by atoms with E-state index in [2.05, 4.69) is 39.2 Å². The first-order valence-corrected chi connectivity index (χ1v) is 14.3. The fourth-order valence-corrected chi connectivity index (χ4v) is 5.45. The van der Waals surface area contributed by atoms with Gasteiger partial charge in [-0.25, -0.2) is 9.78 Å². The van der Waals surface area contributed by atoms with Crippen LogP contribution in [0.4, 0.5) is 18.9 Å². The van der Waals surface area contributed by atoms with E-state index in [1.54, 1.807) is 12.3 Å². The highest BCUT2D eigenvalue weighted by Gasteiger charge is 2.33. The number of hydrogen-bond donors (Lipinski definition) is 3. The van der Waals surface area contributed by atoms with Gasteiger partial charge >= 0.3 is 11.5 Å². The van der Waals surface area contributed by atoms with Crippen LogP contribution in [0.3, 0.4) is 0 Å². The molecule has 0 aliphatic carbocycles. The van der Waals surface area contributed by atoms with Crippen molar-refractivity contribution in [1.29, 1.82) is 0 Å². The van der Waals surface area contributed by atoms with Gasteiger partial charge in [0, 0.05) is 43.3 Å². The number of nitrogens with one attached hydrogen (secondary N) is 1. The number of nitrogens with zero attached hydrogens (tertiary/aromatic N) is 5. The maximum atomic E-state index is 13.3. The Morgan fingerprint density at radius 3 is 2.79 bits per heavy atom. The quantitative estimate of drug-likeness (QED) is 0.151. The van der Waals surface area contributed by atoms with E-state index in [4.69, 9.17) is 20.3 Å². The van der Waals surface area contributed by atoms with Gasteiger partial charge in [0.05, 0.1) is 50.4 Å². The first-order chi connectivity index (χ1) is 20.1. The van der Waals surface area contributed by atoms with E-state index in [9.17, 15) is 18.0 Å². The molecule has 2 unspecified atom stereocenters. The van der Waals surface area contributed by atoms with Crippen molar-refractivity contribution in [3.05, 3.63) is 42.0 Å². The van der Waals surface area contributed by atoms with Crippen molar-refractivity contribution in [3.63, 3.8) is 0 Å². The summed E-state index contributed by atoms with van der Waals surface area (Å²) in [5.41, 5.74) is 2.16. The van der Waals surface area contributed by atoms with Crippen LogP contribution in [-0.4, -0.2) is 99.8 Å².